The summed E-state index contributed by atoms with van der Waals surface area (Å²) >= 11 is 1.29. The molecule has 0 saturated heterocycles. The van der Waals surface area contributed by atoms with E-state index in [0.29, 0.717) is 18.0 Å². The van der Waals surface area contributed by atoms with Crippen molar-refractivity contribution in [2.75, 3.05) is 23.0 Å². The molecule has 1 atom stereocenters. The quantitative estimate of drug-likeness (QED) is 0.706. The van der Waals surface area contributed by atoms with Crippen molar-refractivity contribution >= 4 is 35.0 Å². The van der Waals surface area contributed by atoms with E-state index in [4.69, 9.17) is 4.74 Å². The Morgan fingerprint density at radius 1 is 1.07 bits per heavy atom. The lowest BCUT2D eigenvalue weighted by Crippen LogP contribution is -2.25. The first-order valence-corrected chi connectivity index (χ1v) is 9.97. The fourth-order valence-electron chi connectivity index (χ4n) is 2.50. The number of benzene rings is 2. The Bertz CT molecular complexity index is 808. The van der Waals surface area contributed by atoms with Crippen molar-refractivity contribution in [3.63, 3.8) is 0 Å². The molecule has 2 aromatic rings. The number of hydrogen-bond donors (Lipinski definition) is 2. The van der Waals surface area contributed by atoms with Crippen LogP contribution in [0.4, 0.5) is 11.4 Å². The Morgan fingerprint density at radius 3 is 2.52 bits per heavy atom. The van der Waals surface area contributed by atoms with Crippen LogP contribution in [0.15, 0.2) is 42.5 Å². The van der Waals surface area contributed by atoms with Crippen LogP contribution in [0.5, 0.6) is 5.75 Å². The van der Waals surface area contributed by atoms with E-state index in [-0.39, 0.29) is 22.8 Å². The second-order valence-electron chi connectivity index (χ2n) is 6.24. The Kier molecular flexibility index (Phi) is 7.73. The predicted molar refractivity (Wildman–Crippen MR) is 113 cm³/mol. The van der Waals surface area contributed by atoms with Crippen molar-refractivity contribution in [3.05, 3.63) is 53.6 Å². The predicted octanol–water partition coefficient (Wildman–Crippen LogP) is 4.40. The number of thioether (sulfide) groups is 1. The minimum atomic E-state index is -0.349. The van der Waals surface area contributed by atoms with E-state index in [9.17, 15) is 9.59 Å². The van der Waals surface area contributed by atoms with Crippen molar-refractivity contribution < 1.29 is 14.3 Å². The van der Waals surface area contributed by atoms with E-state index >= 15 is 0 Å². The van der Waals surface area contributed by atoms with E-state index in [1.54, 1.807) is 13.0 Å². The van der Waals surface area contributed by atoms with Gasteiger partial charge in [0.25, 0.3) is 0 Å². The molecule has 0 heterocycles. The van der Waals surface area contributed by atoms with E-state index in [1.165, 1.54) is 11.8 Å². The Morgan fingerprint density at radius 2 is 1.81 bits per heavy atom. The molecule has 0 spiro atoms. The molecular formula is C21H26N2O3S. The lowest BCUT2D eigenvalue weighted by atomic mass is 10.1. The highest BCUT2D eigenvalue weighted by Crippen LogP contribution is 2.24. The lowest BCUT2D eigenvalue weighted by Gasteiger charge is -2.14. The largest absolute Gasteiger partial charge is 0.492 e. The zero-order valence-corrected chi connectivity index (χ0v) is 17.0. The van der Waals surface area contributed by atoms with Crippen LogP contribution in [0.25, 0.3) is 0 Å². The van der Waals surface area contributed by atoms with Crippen LogP contribution in [-0.2, 0) is 9.59 Å². The Labute approximate surface area is 164 Å². The van der Waals surface area contributed by atoms with Gasteiger partial charge in [-0.2, -0.15) is 0 Å². The molecule has 0 aliphatic rings. The smallest absolute Gasteiger partial charge is 0.237 e. The summed E-state index contributed by atoms with van der Waals surface area (Å²) in [6, 6.07) is 13.2. The van der Waals surface area contributed by atoms with Crippen LogP contribution in [0.3, 0.4) is 0 Å². The van der Waals surface area contributed by atoms with E-state index in [0.717, 1.165) is 16.8 Å². The number of aryl methyl sites for hydroxylation is 2. The van der Waals surface area contributed by atoms with Crippen molar-refractivity contribution in [2.45, 2.75) is 32.9 Å². The zero-order valence-electron chi connectivity index (χ0n) is 16.2. The van der Waals surface area contributed by atoms with E-state index in [2.05, 4.69) is 10.6 Å². The monoisotopic (exact) mass is 386 g/mol. The lowest BCUT2D eigenvalue weighted by molar-refractivity contribution is -0.115. The number of para-hydroxylation sites is 2. The standard InChI is InChI=1S/C21H26N2O3S/c1-5-26-19-9-7-6-8-18(19)22-20(24)13-27-16(4)21(25)23-17-11-10-14(2)12-15(17)3/h6-12,16H,5,13H2,1-4H3,(H,22,24)(H,23,25)/t16-/m1/s1. The van der Waals surface area contributed by atoms with Gasteiger partial charge in [-0.3, -0.25) is 9.59 Å². The number of amides is 2. The molecule has 2 amide bonds. The van der Waals surface area contributed by atoms with Crippen molar-refractivity contribution in [3.8, 4) is 5.75 Å². The van der Waals surface area contributed by atoms with Crippen LogP contribution in [0.1, 0.15) is 25.0 Å². The van der Waals surface area contributed by atoms with Gasteiger partial charge in [0.1, 0.15) is 5.75 Å². The summed E-state index contributed by atoms with van der Waals surface area (Å²) in [4.78, 5) is 24.6. The normalized spacial score (nSPS) is 11.6. The molecule has 0 aromatic heterocycles. The fraction of sp³-hybridized carbons (Fsp3) is 0.333. The first-order chi connectivity index (χ1) is 12.9. The molecule has 0 saturated carbocycles. The van der Waals surface area contributed by atoms with Crippen LogP contribution in [0, 0.1) is 13.8 Å². The highest BCUT2D eigenvalue weighted by molar-refractivity contribution is 8.01. The van der Waals surface area contributed by atoms with Crippen molar-refractivity contribution in [1.29, 1.82) is 0 Å². The SMILES string of the molecule is CCOc1ccccc1NC(=O)CS[C@H](C)C(=O)Nc1ccc(C)cc1C. The summed E-state index contributed by atoms with van der Waals surface area (Å²) in [5, 5.41) is 5.41. The molecule has 5 nitrogen and oxygen atoms in total. The van der Waals surface area contributed by atoms with Gasteiger partial charge in [-0.15, -0.1) is 11.8 Å². The molecule has 27 heavy (non-hydrogen) atoms. The summed E-state index contributed by atoms with van der Waals surface area (Å²) in [5.74, 6) is 0.536. The summed E-state index contributed by atoms with van der Waals surface area (Å²) in [5.41, 5.74) is 3.60. The van der Waals surface area contributed by atoms with Crippen LogP contribution in [-0.4, -0.2) is 29.4 Å². The van der Waals surface area contributed by atoms with Gasteiger partial charge in [-0.05, 0) is 51.5 Å². The number of ether oxygens (including phenoxy) is 1. The third-order valence-corrected chi connectivity index (χ3v) is 5.08. The average molecular weight is 387 g/mol. The van der Waals surface area contributed by atoms with Gasteiger partial charge in [-0.25, -0.2) is 0 Å². The summed E-state index contributed by atoms with van der Waals surface area (Å²) in [6.07, 6.45) is 0. The van der Waals surface area contributed by atoms with Crippen LogP contribution < -0.4 is 15.4 Å². The molecule has 144 valence electrons. The highest BCUT2D eigenvalue weighted by atomic mass is 32.2. The number of anilines is 2. The number of nitrogens with one attached hydrogen (secondary N) is 2. The van der Waals surface area contributed by atoms with E-state index in [1.807, 2.05) is 57.2 Å². The third kappa shape index (κ3) is 6.32. The molecule has 6 heteroatoms. The summed E-state index contributed by atoms with van der Waals surface area (Å²) in [6.45, 7) is 8.19. The first-order valence-electron chi connectivity index (χ1n) is 8.92. The van der Waals surface area contributed by atoms with Gasteiger partial charge in [-0.1, -0.05) is 29.8 Å². The maximum Gasteiger partial charge on any atom is 0.237 e. The number of rotatable bonds is 8. The first kappa shape index (κ1) is 20.8. The second kappa shape index (κ2) is 10.0. The fourth-order valence-corrected chi connectivity index (χ4v) is 3.19. The third-order valence-electron chi connectivity index (χ3n) is 3.93. The molecule has 2 N–H and O–H groups in total. The molecule has 0 fully saturated rings. The van der Waals surface area contributed by atoms with Crippen molar-refractivity contribution in [2.24, 2.45) is 0 Å². The topological polar surface area (TPSA) is 67.4 Å². The van der Waals surface area contributed by atoms with E-state index < -0.39 is 0 Å². The van der Waals surface area contributed by atoms with Crippen LogP contribution >= 0.6 is 11.8 Å². The van der Waals surface area contributed by atoms with Gasteiger partial charge in [0.05, 0.1) is 23.3 Å². The maximum atomic E-state index is 12.4. The Balaban J connectivity index is 1.86. The molecule has 0 bridgehead atoms. The summed E-state index contributed by atoms with van der Waals surface area (Å²) in [7, 11) is 0. The molecule has 0 radical (unpaired) electrons. The average Bonchev–Trinajstić information content (AvgIpc) is 2.63. The number of carbonyl (C=O) groups is 2. The van der Waals surface area contributed by atoms with Gasteiger partial charge < -0.3 is 15.4 Å². The van der Waals surface area contributed by atoms with Gasteiger partial charge in [0, 0.05) is 5.69 Å². The summed E-state index contributed by atoms with van der Waals surface area (Å²) < 4.78 is 5.50. The van der Waals surface area contributed by atoms with Gasteiger partial charge in [0.15, 0.2) is 0 Å². The number of carbonyl (C=O) groups excluding carboxylic acids is 2. The molecule has 2 aromatic carbocycles. The highest BCUT2D eigenvalue weighted by Gasteiger charge is 2.17. The maximum absolute atomic E-state index is 12.4. The number of hydrogen-bond acceptors (Lipinski definition) is 4. The Hall–Kier alpha value is -2.47. The molecule has 0 aliphatic heterocycles. The second-order valence-corrected chi connectivity index (χ2v) is 7.57. The van der Waals surface area contributed by atoms with Crippen molar-refractivity contribution in [1.82, 2.24) is 0 Å². The zero-order chi connectivity index (χ0) is 19.8. The minimum absolute atomic E-state index is 0.116. The molecular weight excluding hydrogens is 360 g/mol. The molecule has 0 unspecified atom stereocenters. The minimum Gasteiger partial charge on any atom is -0.492 e. The molecule has 2 rings (SSSR count). The van der Waals surface area contributed by atoms with Gasteiger partial charge >= 0.3 is 0 Å². The molecule has 0 aliphatic carbocycles. The van der Waals surface area contributed by atoms with Gasteiger partial charge in [0.2, 0.25) is 11.8 Å². The van der Waals surface area contributed by atoms with Crippen LogP contribution in [0.2, 0.25) is 0 Å².